The van der Waals surface area contributed by atoms with Crippen LogP contribution in [-0.4, -0.2) is 43.2 Å². The molecular formula is C13H19NO3. The number of methoxy groups -OCH3 is 1. The number of hydrogen-bond acceptors (Lipinski definition) is 3. The molecule has 1 aromatic rings. The van der Waals surface area contributed by atoms with Gasteiger partial charge in [-0.25, -0.2) is 0 Å². The first kappa shape index (κ1) is 13.5. The second-order valence-corrected chi connectivity index (χ2v) is 4.34. The number of carbonyl (C=O) groups is 1. The van der Waals surface area contributed by atoms with Gasteiger partial charge in [0.05, 0.1) is 7.11 Å². The predicted octanol–water partition coefficient (Wildman–Crippen LogP) is 1.56. The van der Waals surface area contributed by atoms with E-state index >= 15 is 0 Å². The van der Waals surface area contributed by atoms with Crippen LogP contribution in [0.4, 0.5) is 0 Å². The molecule has 0 saturated heterocycles. The lowest BCUT2D eigenvalue weighted by atomic mass is 10.0. The summed E-state index contributed by atoms with van der Waals surface area (Å²) in [6.45, 7) is 1.98. The third-order valence-electron chi connectivity index (χ3n) is 2.76. The Hall–Kier alpha value is -1.55. The van der Waals surface area contributed by atoms with Crippen molar-refractivity contribution in [2.24, 2.45) is 0 Å². The van der Waals surface area contributed by atoms with E-state index in [1.807, 2.05) is 25.1 Å². The molecule has 0 saturated carbocycles. The van der Waals surface area contributed by atoms with Crippen molar-refractivity contribution in [2.75, 3.05) is 21.2 Å². The molecule has 0 aliphatic rings. The van der Waals surface area contributed by atoms with Crippen LogP contribution >= 0.6 is 0 Å². The van der Waals surface area contributed by atoms with Gasteiger partial charge in [-0.2, -0.15) is 0 Å². The lowest BCUT2D eigenvalue weighted by Crippen LogP contribution is -2.37. The third-order valence-corrected chi connectivity index (χ3v) is 2.76. The maximum Gasteiger partial charge on any atom is 0.321 e. The summed E-state index contributed by atoms with van der Waals surface area (Å²) < 4.78 is 5.25. The van der Waals surface area contributed by atoms with E-state index in [2.05, 4.69) is 0 Å². The van der Waals surface area contributed by atoms with Gasteiger partial charge in [-0.1, -0.05) is 17.7 Å². The van der Waals surface area contributed by atoms with Crippen molar-refractivity contribution in [3.63, 3.8) is 0 Å². The highest BCUT2D eigenvalue weighted by atomic mass is 16.5. The van der Waals surface area contributed by atoms with Crippen LogP contribution in [0.1, 0.15) is 11.1 Å². The van der Waals surface area contributed by atoms with Crippen molar-refractivity contribution in [1.29, 1.82) is 0 Å². The Morgan fingerprint density at radius 3 is 2.59 bits per heavy atom. The molecule has 1 rings (SSSR count). The van der Waals surface area contributed by atoms with Gasteiger partial charge in [0.25, 0.3) is 0 Å². The van der Waals surface area contributed by atoms with Crippen molar-refractivity contribution in [2.45, 2.75) is 19.4 Å². The van der Waals surface area contributed by atoms with Gasteiger partial charge in [0.15, 0.2) is 0 Å². The average molecular weight is 237 g/mol. The molecule has 4 heteroatoms. The van der Waals surface area contributed by atoms with Crippen LogP contribution < -0.4 is 4.74 Å². The van der Waals surface area contributed by atoms with Gasteiger partial charge in [-0.05, 0) is 32.6 Å². The highest BCUT2D eigenvalue weighted by molar-refractivity contribution is 5.74. The Morgan fingerprint density at radius 1 is 1.47 bits per heavy atom. The zero-order valence-corrected chi connectivity index (χ0v) is 10.7. The minimum absolute atomic E-state index is 0.438. The minimum Gasteiger partial charge on any atom is -0.496 e. The van der Waals surface area contributed by atoms with Gasteiger partial charge in [0.1, 0.15) is 11.8 Å². The van der Waals surface area contributed by atoms with Crippen LogP contribution in [-0.2, 0) is 11.2 Å². The normalized spacial score (nSPS) is 12.5. The van der Waals surface area contributed by atoms with E-state index in [4.69, 9.17) is 9.84 Å². The van der Waals surface area contributed by atoms with Crippen LogP contribution in [0, 0.1) is 6.92 Å². The Bertz CT molecular complexity index is 402. The third kappa shape index (κ3) is 3.46. The van der Waals surface area contributed by atoms with Crippen LogP contribution in [0.15, 0.2) is 18.2 Å². The molecule has 0 aromatic heterocycles. The van der Waals surface area contributed by atoms with E-state index in [1.54, 1.807) is 26.1 Å². The number of nitrogens with zero attached hydrogens (tertiary/aromatic N) is 1. The Morgan fingerprint density at radius 2 is 2.12 bits per heavy atom. The van der Waals surface area contributed by atoms with Gasteiger partial charge in [-0.15, -0.1) is 0 Å². The SMILES string of the molecule is COc1ccc(C)cc1CC(C(=O)O)N(C)C. The summed E-state index contributed by atoms with van der Waals surface area (Å²) in [5.74, 6) is -0.0812. The number of likely N-dealkylation sites (N-methyl/N-ethyl adjacent to an activating group) is 1. The quantitative estimate of drug-likeness (QED) is 0.844. The number of aliphatic carboxylic acids is 1. The number of aryl methyl sites for hydroxylation is 1. The molecule has 0 amide bonds. The summed E-state index contributed by atoms with van der Waals surface area (Å²) in [7, 11) is 5.13. The summed E-state index contributed by atoms with van der Waals surface area (Å²) in [5, 5.41) is 9.16. The topological polar surface area (TPSA) is 49.8 Å². The average Bonchev–Trinajstić information content (AvgIpc) is 2.25. The summed E-state index contributed by atoms with van der Waals surface area (Å²) >= 11 is 0. The van der Waals surface area contributed by atoms with E-state index < -0.39 is 12.0 Å². The van der Waals surface area contributed by atoms with E-state index in [9.17, 15) is 4.79 Å². The highest BCUT2D eigenvalue weighted by Crippen LogP contribution is 2.22. The monoisotopic (exact) mass is 237 g/mol. The van der Waals surface area contributed by atoms with Crippen LogP contribution in [0.3, 0.4) is 0 Å². The number of carboxylic acids is 1. The van der Waals surface area contributed by atoms with Gasteiger partial charge >= 0.3 is 5.97 Å². The zero-order chi connectivity index (χ0) is 13.0. The number of benzene rings is 1. The maximum atomic E-state index is 11.1. The lowest BCUT2D eigenvalue weighted by molar-refractivity contribution is -0.142. The first-order chi connectivity index (χ1) is 7.95. The lowest BCUT2D eigenvalue weighted by Gasteiger charge is -2.21. The molecule has 0 heterocycles. The number of ether oxygens (including phenoxy) is 1. The molecule has 1 aromatic carbocycles. The molecule has 0 aliphatic heterocycles. The summed E-state index contributed by atoms with van der Waals surface area (Å²) in [6.07, 6.45) is 0.438. The van der Waals surface area contributed by atoms with Crippen molar-refractivity contribution >= 4 is 5.97 Å². The smallest absolute Gasteiger partial charge is 0.321 e. The van der Waals surface area contributed by atoms with E-state index in [0.29, 0.717) is 6.42 Å². The summed E-state index contributed by atoms with van der Waals surface area (Å²) in [4.78, 5) is 12.8. The minimum atomic E-state index is -0.821. The van der Waals surface area contributed by atoms with E-state index in [1.165, 1.54) is 0 Å². The molecular weight excluding hydrogens is 218 g/mol. The zero-order valence-electron chi connectivity index (χ0n) is 10.7. The number of rotatable bonds is 5. The van der Waals surface area contributed by atoms with Gasteiger partial charge in [0, 0.05) is 6.42 Å². The van der Waals surface area contributed by atoms with E-state index in [0.717, 1.165) is 16.9 Å². The molecule has 0 spiro atoms. The van der Waals surface area contributed by atoms with Crippen molar-refractivity contribution < 1.29 is 14.6 Å². The van der Waals surface area contributed by atoms with Gasteiger partial charge < -0.3 is 9.84 Å². The molecule has 0 fully saturated rings. The Kier molecular flexibility index (Phi) is 4.52. The van der Waals surface area contributed by atoms with Crippen LogP contribution in [0.2, 0.25) is 0 Å². The van der Waals surface area contributed by atoms with Gasteiger partial charge in [0.2, 0.25) is 0 Å². The number of hydrogen-bond donors (Lipinski definition) is 1. The molecule has 0 bridgehead atoms. The molecule has 1 N–H and O–H groups in total. The fraction of sp³-hybridized carbons (Fsp3) is 0.462. The number of carboxylic acid groups (broad SMARTS) is 1. The standard InChI is InChI=1S/C13H19NO3/c1-9-5-6-12(17-4)10(7-9)8-11(13(15)16)14(2)3/h5-7,11H,8H2,1-4H3,(H,15,16). The predicted molar refractivity (Wildman–Crippen MR) is 66.5 cm³/mol. The van der Waals surface area contributed by atoms with Crippen molar-refractivity contribution in [1.82, 2.24) is 4.90 Å². The molecule has 0 radical (unpaired) electrons. The summed E-state index contributed by atoms with van der Waals surface area (Å²) in [5.41, 5.74) is 2.03. The van der Waals surface area contributed by atoms with Crippen molar-refractivity contribution in [3.8, 4) is 5.75 Å². The maximum absolute atomic E-state index is 11.1. The van der Waals surface area contributed by atoms with Crippen molar-refractivity contribution in [3.05, 3.63) is 29.3 Å². The molecule has 0 aliphatic carbocycles. The van der Waals surface area contributed by atoms with Crippen LogP contribution in [0.25, 0.3) is 0 Å². The van der Waals surface area contributed by atoms with Crippen LogP contribution in [0.5, 0.6) is 5.75 Å². The van der Waals surface area contributed by atoms with Gasteiger partial charge in [-0.3, -0.25) is 9.69 Å². The summed E-state index contributed by atoms with van der Waals surface area (Å²) in [6, 6.07) is 5.26. The fourth-order valence-electron chi connectivity index (χ4n) is 1.77. The first-order valence-electron chi connectivity index (χ1n) is 5.48. The Labute approximate surface area is 102 Å². The second kappa shape index (κ2) is 5.68. The molecule has 1 unspecified atom stereocenters. The molecule has 4 nitrogen and oxygen atoms in total. The van der Waals surface area contributed by atoms with E-state index in [-0.39, 0.29) is 0 Å². The molecule has 1 atom stereocenters. The Balaban J connectivity index is 2.99. The first-order valence-corrected chi connectivity index (χ1v) is 5.48. The molecule has 17 heavy (non-hydrogen) atoms. The second-order valence-electron chi connectivity index (χ2n) is 4.34. The molecule has 94 valence electrons. The fourth-order valence-corrected chi connectivity index (χ4v) is 1.77. The largest absolute Gasteiger partial charge is 0.496 e. The highest BCUT2D eigenvalue weighted by Gasteiger charge is 2.21.